The van der Waals surface area contributed by atoms with Crippen LogP contribution in [0.1, 0.15) is 18.6 Å². The highest BCUT2D eigenvalue weighted by Crippen LogP contribution is 2.28. The molecule has 3 rings (SSSR count). The van der Waals surface area contributed by atoms with Crippen molar-refractivity contribution in [2.24, 2.45) is 0 Å². The predicted molar refractivity (Wildman–Crippen MR) is 84.1 cm³/mol. The van der Waals surface area contributed by atoms with Gasteiger partial charge in [0.15, 0.2) is 5.75 Å². The second-order valence-corrected chi connectivity index (χ2v) is 7.21. The minimum atomic E-state index is -3.62. The Bertz CT molecular complexity index is 839. The number of para-hydroxylation sites is 2. The first-order chi connectivity index (χ1) is 11.5. The molecule has 0 unspecified atom stereocenters. The van der Waals surface area contributed by atoms with Gasteiger partial charge in [-0.25, -0.2) is 8.42 Å². The van der Waals surface area contributed by atoms with Crippen molar-refractivity contribution in [2.45, 2.75) is 24.5 Å². The highest BCUT2D eigenvalue weighted by Gasteiger charge is 2.30. The molecule has 0 saturated carbocycles. The molecule has 1 aliphatic heterocycles. The molecule has 1 fully saturated rings. The second kappa shape index (κ2) is 6.62. The molecule has 1 aromatic heterocycles. The molecule has 2 aromatic rings. The monoisotopic (exact) mass is 352 g/mol. The first kappa shape index (κ1) is 16.5. The van der Waals surface area contributed by atoms with Crippen LogP contribution in [0, 0.1) is 10.1 Å². The van der Waals surface area contributed by atoms with E-state index in [9.17, 15) is 18.5 Å². The molecule has 1 saturated heterocycles. The van der Waals surface area contributed by atoms with E-state index in [-0.39, 0.29) is 28.9 Å². The van der Waals surface area contributed by atoms with E-state index in [1.807, 2.05) is 0 Å². The van der Waals surface area contributed by atoms with Crippen LogP contribution in [-0.4, -0.2) is 30.7 Å². The van der Waals surface area contributed by atoms with Crippen molar-refractivity contribution in [1.82, 2.24) is 4.31 Å². The normalized spacial score (nSPS) is 15.5. The standard InChI is InChI=1S/C15H16N2O6S/c18-17(19)13-5-1-2-6-14(13)22-11-12-7-8-15(23-12)24(20,21)16-9-3-4-10-16/h1-2,5-8H,3-4,9-11H2. The third kappa shape index (κ3) is 3.26. The third-order valence-electron chi connectivity index (χ3n) is 3.73. The van der Waals surface area contributed by atoms with Crippen molar-refractivity contribution < 1.29 is 22.5 Å². The summed E-state index contributed by atoms with van der Waals surface area (Å²) in [5, 5.41) is 10.8. The second-order valence-electron chi connectivity index (χ2n) is 5.35. The molecule has 9 heteroatoms. The van der Waals surface area contributed by atoms with E-state index < -0.39 is 14.9 Å². The van der Waals surface area contributed by atoms with Crippen molar-refractivity contribution >= 4 is 15.7 Å². The number of furan rings is 1. The van der Waals surface area contributed by atoms with E-state index in [4.69, 9.17) is 9.15 Å². The summed E-state index contributed by atoms with van der Waals surface area (Å²) in [4.78, 5) is 10.4. The number of rotatable bonds is 6. The zero-order valence-corrected chi connectivity index (χ0v) is 13.6. The Morgan fingerprint density at radius 2 is 1.88 bits per heavy atom. The zero-order valence-electron chi connectivity index (χ0n) is 12.8. The lowest BCUT2D eigenvalue weighted by atomic mass is 10.3. The first-order valence-electron chi connectivity index (χ1n) is 7.43. The van der Waals surface area contributed by atoms with Gasteiger partial charge in [0, 0.05) is 19.2 Å². The van der Waals surface area contributed by atoms with Crippen LogP contribution in [0.3, 0.4) is 0 Å². The van der Waals surface area contributed by atoms with E-state index in [1.165, 1.54) is 28.6 Å². The number of hydrogen-bond donors (Lipinski definition) is 0. The molecule has 0 N–H and O–H groups in total. The first-order valence-corrected chi connectivity index (χ1v) is 8.87. The van der Waals surface area contributed by atoms with E-state index in [1.54, 1.807) is 12.1 Å². The van der Waals surface area contributed by atoms with Gasteiger partial charge in [0.1, 0.15) is 12.4 Å². The zero-order chi connectivity index (χ0) is 17.2. The van der Waals surface area contributed by atoms with E-state index >= 15 is 0 Å². The van der Waals surface area contributed by atoms with Gasteiger partial charge < -0.3 is 9.15 Å². The lowest BCUT2D eigenvalue weighted by Crippen LogP contribution is -2.27. The van der Waals surface area contributed by atoms with Gasteiger partial charge in [-0.15, -0.1) is 0 Å². The molecule has 0 radical (unpaired) electrons. The maximum absolute atomic E-state index is 12.4. The summed E-state index contributed by atoms with van der Waals surface area (Å²) >= 11 is 0. The summed E-state index contributed by atoms with van der Waals surface area (Å²) in [6, 6.07) is 8.85. The highest BCUT2D eigenvalue weighted by atomic mass is 32.2. The minimum Gasteiger partial charge on any atom is -0.479 e. The molecule has 24 heavy (non-hydrogen) atoms. The van der Waals surface area contributed by atoms with Gasteiger partial charge in [-0.05, 0) is 31.0 Å². The summed E-state index contributed by atoms with van der Waals surface area (Å²) in [5.41, 5.74) is -0.158. The van der Waals surface area contributed by atoms with Crippen LogP contribution in [-0.2, 0) is 16.6 Å². The number of hydrogen-bond acceptors (Lipinski definition) is 6. The molecule has 0 amide bonds. The van der Waals surface area contributed by atoms with Crippen molar-refractivity contribution in [2.75, 3.05) is 13.1 Å². The summed E-state index contributed by atoms with van der Waals surface area (Å²) in [5.74, 6) is 0.383. The highest BCUT2D eigenvalue weighted by molar-refractivity contribution is 7.89. The van der Waals surface area contributed by atoms with Gasteiger partial charge in [-0.1, -0.05) is 12.1 Å². The van der Waals surface area contributed by atoms with Gasteiger partial charge >= 0.3 is 5.69 Å². The molecular weight excluding hydrogens is 336 g/mol. The molecule has 0 aliphatic carbocycles. The SMILES string of the molecule is O=[N+]([O-])c1ccccc1OCc1ccc(S(=O)(=O)N2CCCC2)o1. The van der Waals surface area contributed by atoms with Gasteiger partial charge in [0.05, 0.1) is 4.92 Å². The number of benzene rings is 1. The Labute approximate surface area is 138 Å². The fourth-order valence-corrected chi connectivity index (χ4v) is 3.95. The number of ether oxygens (including phenoxy) is 1. The average Bonchev–Trinajstić information content (AvgIpc) is 3.25. The Kier molecular flexibility index (Phi) is 4.54. The molecule has 0 spiro atoms. The van der Waals surface area contributed by atoms with Crippen molar-refractivity contribution in [3.8, 4) is 5.75 Å². The maximum atomic E-state index is 12.4. The molecule has 0 bridgehead atoms. The van der Waals surface area contributed by atoms with Crippen molar-refractivity contribution in [3.63, 3.8) is 0 Å². The molecule has 0 atom stereocenters. The van der Waals surface area contributed by atoms with Crippen LogP contribution in [0.25, 0.3) is 0 Å². The molecule has 128 valence electrons. The van der Waals surface area contributed by atoms with E-state index in [2.05, 4.69) is 0 Å². The fraction of sp³-hybridized carbons (Fsp3) is 0.333. The van der Waals surface area contributed by atoms with Crippen LogP contribution in [0.5, 0.6) is 5.75 Å². The topological polar surface area (TPSA) is 103 Å². The number of sulfonamides is 1. The van der Waals surface area contributed by atoms with Crippen molar-refractivity contribution in [3.05, 3.63) is 52.3 Å². The smallest absolute Gasteiger partial charge is 0.310 e. The lowest BCUT2D eigenvalue weighted by molar-refractivity contribution is -0.386. The summed E-state index contributed by atoms with van der Waals surface area (Å²) in [6.45, 7) is 0.885. The summed E-state index contributed by atoms with van der Waals surface area (Å²) in [7, 11) is -3.62. The Balaban J connectivity index is 1.72. The van der Waals surface area contributed by atoms with Gasteiger partial charge in [-0.3, -0.25) is 10.1 Å². The molecule has 2 heterocycles. The van der Waals surface area contributed by atoms with E-state index in [0.717, 1.165) is 12.8 Å². The molecule has 1 aliphatic rings. The largest absolute Gasteiger partial charge is 0.479 e. The Morgan fingerprint density at radius 3 is 2.58 bits per heavy atom. The average molecular weight is 352 g/mol. The lowest BCUT2D eigenvalue weighted by Gasteiger charge is -2.12. The number of nitro benzene ring substituents is 1. The third-order valence-corrected chi connectivity index (χ3v) is 5.50. The number of nitro groups is 1. The summed E-state index contributed by atoms with van der Waals surface area (Å²) < 4.78 is 36.9. The quantitative estimate of drug-likeness (QED) is 0.585. The van der Waals surface area contributed by atoms with Crippen LogP contribution in [0.2, 0.25) is 0 Å². The molecule has 8 nitrogen and oxygen atoms in total. The van der Waals surface area contributed by atoms with Crippen LogP contribution < -0.4 is 4.74 Å². The van der Waals surface area contributed by atoms with E-state index in [0.29, 0.717) is 13.1 Å². The fourth-order valence-electron chi connectivity index (χ4n) is 2.51. The Morgan fingerprint density at radius 1 is 1.17 bits per heavy atom. The number of nitrogens with zero attached hydrogens (tertiary/aromatic N) is 2. The predicted octanol–water partition coefficient (Wildman–Crippen LogP) is 2.55. The Hall–Kier alpha value is -2.39. The minimum absolute atomic E-state index is 0.0969. The van der Waals surface area contributed by atoms with Crippen LogP contribution in [0.15, 0.2) is 45.9 Å². The molecular formula is C15H16N2O6S. The van der Waals surface area contributed by atoms with Gasteiger partial charge in [-0.2, -0.15) is 4.31 Å². The van der Waals surface area contributed by atoms with Crippen LogP contribution >= 0.6 is 0 Å². The van der Waals surface area contributed by atoms with Gasteiger partial charge in [0.2, 0.25) is 5.09 Å². The van der Waals surface area contributed by atoms with Crippen LogP contribution in [0.4, 0.5) is 5.69 Å². The van der Waals surface area contributed by atoms with Crippen molar-refractivity contribution in [1.29, 1.82) is 0 Å². The summed E-state index contributed by atoms with van der Waals surface area (Å²) in [6.07, 6.45) is 1.68. The maximum Gasteiger partial charge on any atom is 0.310 e. The van der Waals surface area contributed by atoms with Gasteiger partial charge in [0.25, 0.3) is 10.0 Å². The molecule has 1 aromatic carbocycles.